The molecule has 0 aromatic heterocycles. The van der Waals surface area contributed by atoms with Gasteiger partial charge in [0.25, 0.3) is 0 Å². The van der Waals surface area contributed by atoms with E-state index in [2.05, 4.69) is 10.3 Å². The Hall–Kier alpha value is -2.75. The van der Waals surface area contributed by atoms with Gasteiger partial charge in [0.05, 0.1) is 36.4 Å². The molecule has 1 saturated carbocycles. The van der Waals surface area contributed by atoms with Crippen LogP contribution in [0.25, 0.3) is 0 Å². The monoisotopic (exact) mass is 465 g/mol. The minimum absolute atomic E-state index is 0.0789. The van der Waals surface area contributed by atoms with Gasteiger partial charge in [-0.2, -0.15) is 13.2 Å². The molecule has 6 nitrogen and oxygen atoms in total. The van der Waals surface area contributed by atoms with Crippen LogP contribution < -0.4 is 5.32 Å². The van der Waals surface area contributed by atoms with Gasteiger partial charge in [-0.15, -0.1) is 0 Å². The van der Waals surface area contributed by atoms with Gasteiger partial charge >= 0.3 is 12.1 Å². The number of amidine groups is 1. The van der Waals surface area contributed by atoms with Crippen molar-refractivity contribution in [3.8, 4) is 0 Å². The second-order valence-corrected chi connectivity index (χ2v) is 8.57. The number of aliphatic imine (C=N–C) groups is 1. The highest BCUT2D eigenvalue weighted by atomic mass is 32.2. The number of amides is 1. The van der Waals surface area contributed by atoms with Crippen molar-refractivity contribution in [2.75, 3.05) is 7.11 Å². The Morgan fingerprint density at radius 3 is 2.50 bits per heavy atom. The van der Waals surface area contributed by atoms with E-state index in [1.807, 2.05) is 6.92 Å². The third-order valence-corrected chi connectivity index (χ3v) is 6.36. The molecule has 2 aliphatic heterocycles. The number of halogens is 3. The van der Waals surface area contributed by atoms with Gasteiger partial charge in [-0.1, -0.05) is 30.8 Å². The molecule has 0 unspecified atom stereocenters. The molecular formula is C22H22F3N3O3S. The standard InChI is InChI=1S/C22H22F3N3O3S/c1-3-16-18(20(30)31-2)19(12-4-6-13(7-5-12)22(23,24)25)28-15(11-32-21(28)27-16)10-17(29)26-14-8-9-14/h4-7,11,14,19H,3,8-10H2,1-2H3,(H,26,29)/t19-/m0/s1. The number of fused-ring (bicyclic) bond motifs is 1. The number of benzene rings is 1. The molecular weight excluding hydrogens is 443 g/mol. The molecule has 32 heavy (non-hydrogen) atoms. The van der Waals surface area contributed by atoms with Crippen LogP contribution in [0, 0.1) is 0 Å². The zero-order chi connectivity index (χ0) is 23.0. The fraction of sp³-hybridized carbons (Fsp3) is 0.409. The molecule has 0 bridgehead atoms. The summed E-state index contributed by atoms with van der Waals surface area (Å²) in [4.78, 5) is 31.6. The molecule has 0 radical (unpaired) electrons. The molecule has 3 aliphatic rings. The predicted octanol–water partition coefficient (Wildman–Crippen LogP) is 4.51. The fourth-order valence-electron chi connectivity index (χ4n) is 3.75. The van der Waals surface area contributed by atoms with Gasteiger partial charge < -0.3 is 15.0 Å². The number of hydrogen-bond donors (Lipinski definition) is 1. The van der Waals surface area contributed by atoms with E-state index in [1.165, 1.54) is 31.0 Å². The molecule has 1 fully saturated rings. The minimum atomic E-state index is -4.47. The van der Waals surface area contributed by atoms with Crippen LogP contribution in [0.2, 0.25) is 0 Å². The summed E-state index contributed by atoms with van der Waals surface area (Å²) in [5.74, 6) is -0.745. The largest absolute Gasteiger partial charge is 0.466 e. The van der Waals surface area contributed by atoms with Gasteiger partial charge in [-0.3, -0.25) is 4.79 Å². The summed E-state index contributed by atoms with van der Waals surface area (Å²) in [5, 5.41) is 5.31. The number of rotatable bonds is 6. The summed E-state index contributed by atoms with van der Waals surface area (Å²) in [5.41, 5.74) is 1.11. The molecule has 0 spiro atoms. The van der Waals surface area contributed by atoms with Crippen LogP contribution in [0.3, 0.4) is 0 Å². The average Bonchev–Trinajstić information content (AvgIpc) is 3.49. The van der Waals surface area contributed by atoms with Crippen molar-refractivity contribution < 1.29 is 27.5 Å². The molecule has 0 saturated heterocycles. The number of nitrogens with one attached hydrogen (secondary N) is 1. The smallest absolute Gasteiger partial charge is 0.416 e. The first kappa shape index (κ1) is 22.4. The van der Waals surface area contributed by atoms with Crippen LogP contribution in [0.4, 0.5) is 13.2 Å². The van der Waals surface area contributed by atoms with E-state index in [0.29, 0.717) is 28.5 Å². The Labute approximate surface area is 187 Å². The first-order valence-electron chi connectivity index (χ1n) is 10.2. The lowest BCUT2D eigenvalue weighted by atomic mass is 9.92. The summed E-state index contributed by atoms with van der Waals surface area (Å²) >= 11 is 1.32. The zero-order valence-corrected chi connectivity index (χ0v) is 18.3. The number of alkyl halides is 3. The maximum Gasteiger partial charge on any atom is 0.416 e. The highest BCUT2D eigenvalue weighted by Crippen LogP contribution is 2.45. The molecule has 1 aliphatic carbocycles. The number of allylic oxidation sites excluding steroid dienone is 1. The van der Waals surface area contributed by atoms with E-state index in [1.54, 1.807) is 10.3 Å². The van der Waals surface area contributed by atoms with E-state index in [0.717, 1.165) is 25.0 Å². The summed E-state index contributed by atoms with van der Waals surface area (Å²) < 4.78 is 44.3. The minimum Gasteiger partial charge on any atom is -0.466 e. The van der Waals surface area contributed by atoms with Crippen molar-refractivity contribution >= 4 is 28.8 Å². The van der Waals surface area contributed by atoms with Crippen molar-refractivity contribution in [3.63, 3.8) is 0 Å². The molecule has 1 N–H and O–H groups in total. The number of esters is 1. The molecule has 10 heteroatoms. The Morgan fingerprint density at radius 2 is 1.94 bits per heavy atom. The molecule has 1 aromatic carbocycles. The van der Waals surface area contributed by atoms with Crippen LogP contribution >= 0.6 is 11.8 Å². The third-order valence-electron chi connectivity index (χ3n) is 5.47. The van der Waals surface area contributed by atoms with E-state index in [-0.39, 0.29) is 23.9 Å². The first-order valence-corrected chi connectivity index (χ1v) is 11.1. The number of thioether (sulfide) groups is 1. The predicted molar refractivity (Wildman–Crippen MR) is 114 cm³/mol. The summed E-state index contributed by atoms with van der Waals surface area (Å²) in [7, 11) is 1.25. The van der Waals surface area contributed by atoms with Crippen LogP contribution in [0.1, 0.15) is 49.8 Å². The van der Waals surface area contributed by atoms with Gasteiger partial charge in [-0.25, -0.2) is 9.79 Å². The summed E-state index contributed by atoms with van der Waals surface area (Å²) in [6.07, 6.45) is -2.03. The topological polar surface area (TPSA) is 71.0 Å². The molecule has 170 valence electrons. The normalized spacial score (nSPS) is 20.5. The van der Waals surface area contributed by atoms with E-state index in [9.17, 15) is 22.8 Å². The average molecular weight is 465 g/mol. The van der Waals surface area contributed by atoms with Crippen molar-refractivity contribution in [2.45, 2.75) is 50.9 Å². The van der Waals surface area contributed by atoms with E-state index < -0.39 is 23.8 Å². The second kappa shape index (κ2) is 8.65. The van der Waals surface area contributed by atoms with E-state index >= 15 is 0 Å². The fourth-order valence-corrected chi connectivity index (χ4v) is 4.69. The van der Waals surface area contributed by atoms with Crippen LogP contribution in [-0.2, 0) is 20.5 Å². The highest BCUT2D eigenvalue weighted by molar-refractivity contribution is 8.16. The van der Waals surface area contributed by atoms with Crippen molar-refractivity contribution in [3.05, 3.63) is 57.8 Å². The number of hydrogen-bond acceptors (Lipinski definition) is 6. The van der Waals surface area contributed by atoms with Gasteiger partial charge in [0.15, 0.2) is 5.17 Å². The second-order valence-electron chi connectivity index (χ2n) is 7.74. The number of nitrogens with zero attached hydrogens (tertiary/aromatic N) is 2. The van der Waals surface area contributed by atoms with Gasteiger partial charge in [0.1, 0.15) is 0 Å². The number of methoxy groups -OCH3 is 1. The first-order chi connectivity index (χ1) is 15.2. The van der Waals surface area contributed by atoms with Gasteiger partial charge in [-0.05, 0) is 42.4 Å². The van der Waals surface area contributed by atoms with Crippen LogP contribution in [-0.4, -0.2) is 35.1 Å². The summed E-state index contributed by atoms with van der Waals surface area (Å²) in [6, 6.07) is 4.16. The maximum atomic E-state index is 13.1. The van der Waals surface area contributed by atoms with Crippen molar-refractivity contribution in [1.29, 1.82) is 0 Å². The third kappa shape index (κ3) is 4.41. The lowest BCUT2D eigenvalue weighted by molar-refractivity contribution is -0.138. The summed E-state index contributed by atoms with van der Waals surface area (Å²) in [6.45, 7) is 1.85. The SMILES string of the molecule is CCC1=C(C(=O)OC)[C@H](c2ccc(C(F)(F)F)cc2)N2C(CC(=O)NC3CC3)=CSC2=N1. The Balaban J connectivity index is 1.74. The highest BCUT2D eigenvalue weighted by Gasteiger charge is 2.42. The van der Waals surface area contributed by atoms with Crippen molar-refractivity contribution in [1.82, 2.24) is 10.2 Å². The number of ether oxygens (including phenoxy) is 1. The number of carbonyl (C=O) groups is 2. The molecule has 1 atom stereocenters. The molecule has 1 amide bonds. The lowest BCUT2D eigenvalue weighted by Crippen LogP contribution is -2.38. The zero-order valence-electron chi connectivity index (χ0n) is 17.5. The Kier molecular flexibility index (Phi) is 6.07. The quantitative estimate of drug-likeness (QED) is 0.626. The van der Waals surface area contributed by atoms with Crippen LogP contribution in [0.15, 0.2) is 51.6 Å². The van der Waals surface area contributed by atoms with E-state index in [4.69, 9.17) is 4.74 Å². The van der Waals surface area contributed by atoms with Crippen molar-refractivity contribution in [2.24, 2.45) is 4.99 Å². The lowest BCUT2D eigenvalue weighted by Gasteiger charge is -2.36. The molecule has 1 aromatic rings. The maximum absolute atomic E-state index is 13.1. The van der Waals surface area contributed by atoms with Gasteiger partial charge in [0.2, 0.25) is 5.91 Å². The molecule has 4 rings (SSSR count). The Morgan fingerprint density at radius 1 is 1.25 bits per heavy atom. The molecule has 2 heterocycles. The van der Waals surface area contributed by atoms with Gasteiger partial charge in [0, 0.05) is 11.7 Å². The van der Waals surface area contributed by atoms with Crippen LogP contribution in [0.5, 0.6) is 0 Å². The Bertz CT molecular complexity index is 1030. The number of carbonyl (C=O) groups excluding carboxylic acids is 2.